The van der Waals surface area contributed by atoms with Crippen LogP contribution in [0.2, 0.25) is 0 Å². The number of hydrogen-bond donors (Lipinski definition) is 0. The van der Waals surface area contributed by atoms with E-state index in [0.717, 1.165) is 18.6 Å². The Balaban J connectivity index is 2.23. The molecule has 1 aromatic rings. The van der Waals surface area contributed by atoms with Crippen LogP contribution >= 0.6 is 27.7 Å². The van der Waals surface area contributed by atoms with Gasteiger partial charge in [0, 0.05) is 0 Å². The SMILES string of the molecule is CC1(C(=O)c2ccc(Br)o2)CCCS1. The van der Waals surface area contributed by atoms with Crippen LogP contribution in [0.25, 0.3) is 0 Å². The van der Waals surface area contributed by atoms with E-state index in [4.69, 9.17) is 4.42 Å². The second-order valence-corrected chi connectivity index (χ2v) is 6.00. The van der Waals surface area contributed by atoms with Crippen LogP contribution in [0.5, 0.6) is 0 Å². The number of rotatable bonds is 2. The van der Waals surface area contributed by atoms with Crippen molar-refractivity contribution in [3.8, 4) is 0 Å². The minimum absolute atomic E-state index is 0.116. The molecular formula is C10H11BrO2S. The summed E-state index contributed by atoms with van der Waals surface area (Å²) in [5.74, 6) is 1.66. The molecule has 0 aliphatic carbocycles. The summed E-state index contributed by atoms with van der Waals surface area (Å²) in [6.07, 6.45) is 2.07. The first kappa shape index (κ1) is 10.3. The van der Waals surface area contributed by atoms with Gasteiger partial charge in [-0.1, -0.05) is 0 Å². The molecule has 14 heavy (non-hydrogen) atoms. The maximum absolute atomic E-state index is 12.0. The summed E-state index contributed by atoms with van der Waals surface area (Å²) in [4.78, 5) is 12.0. The smallest absolute Gasteiger partial charge is 0.213 e. The van der Waals surface area contributed by atoms with Crippen molar-refractivity contribution < 1.29 is 9.21 Å². The van der Waals surface area contributed by atoms with Crippen molar-refractivity contribution in [3.05, 3.63) is 22.6 Å². The summed E-state index contributed by atoms with van der Waals surface area (Å²) in [5.41, 5.74) is 0. The Bertz CT molecular complexity index is 353. The number of halogens is 1. The molecule has 1 fully saturated rings. The van der Waals surface area contributed by atoms with Gasteiger partial charge in [-0.2, -0.15) is 0 Å². The summed E-state index contributed by atoms with van der Waals surface area (Å²) in [6, 6.07) is 3.49. The molecule has 0 bridgehead atoms. The highest BCUT2D eigenvalue weighted by Crippen LogP contribution is 2.40. The standard InChI is InChI=1S/C10H11BrO2S/c1-10(5-2-6-14-10)9(12)7-3-4-8(11)13-7/h3-4H,2,5-6H2,1H3. The number of ketones is 1. The summed E-state index contributed by atoms with van der Waals surface area (Å²) < 4.78 is 5.63. The van der Waals surface area contributed by atoms with Gasteiger partial charge in [0.2, 0.25) is 5.78 Å². The van der Waals surface area contributed by atoms with Crippen LogP contribution < -0.4 is 0 Å². The summed E-state index contributed by atoms with van der Waals surface area (Å²) in [6.45, 7) is 2.00. The van der Waals surface area contributed by atoms with E-state index in [9.17, 15) is 4.79 Å². The van der Waals surface area contributed by atoms with E-state index in [1.807, 2.05) is 6.92 Å². The van der Waals surface area contributed by atoms with E-state index in [0.29, 0.717) is 10.4 Å². The molecule has 1 aromatic heterocycles. The Hall–Kier alpha value is -0.220. The predicted octanol–water partition coefficient (Wildman–Crippen LogP) is 3.51. The zero-order valence-electron chi connectivity index (χ0n) is 7.88. The third kappa shape index (κ3) is 1.77. The van der Waals surface area contributed by atoms with Gasteiger partial charge in [0.05, 0.1) is 4.75 Å². The number of thioether (sulfide) groups is 1. The molecule has 2 nitrogen and oxygen atoms in total. The zero-order valence-corrected chi connectivity index (χ0v) is 10.3. The summed E-state index contributed by atoms with van der Waals surface area (Å²) in [5, 5.41) is 0. The van der Waals surface area contributed by atoms with Gasteiger partial charge in [-0.3, -0.25) is 4.79 Å². The van der Waals surface area contributed by atoms with Crippen LogP contribution in [0.4, 0.5) is 0 Å². The van der Waals surface area contributed by atoms with Crippen LogP contribution in [0.3, 0.4) is 0 Å². The number of carbonyl (C=O) groups excluding carboxylic acids is 1. The van der Waals surface area contributed by atoms with Crippen LogP contribution in [-0.2, 0) is 0 Å². The lowest BCUT2D eigenvalue weighted by atomic mass is 9.99. The van der Waals surface area contributed by atoms with Gasteiger partial charge in [-0.05, 0) is 53.6 Å². The molecule has 1 atom stereocenters. The van der Waals surface area contributed by atoms with Crippen LogP contribution in [0, 0.1) is 0 Å². The Kier molecular flexibility index (Phi) is 2.75. The Labute approximate surface area is 95.6 Å². The van der Waals surface area contributed by atoms with Crippen molar-refractivity contribution in [2.24, 2.45) is 0 Å². The fourth-order valence-electron chi connectivity index (χ4n) is 1.66. The van der Waals surface area contributed by atoms with Crippen LogP contribution in [-0.4, -0.2) is 16.3 Å². The molecule has 0 amide bonds. The molecule has 1 saturated heterocycles. The lowest BCUT2D eigenvalue weighted by Gasteiger charge is -2.18. The molecule has 2 rings (SSSR count). The van der Waals surface area contributed by atoms with Crippen molar-refractivity contribution in [1.29, 1.82) is 0 Å². The van der Waals surface area contributed by atoms with Crippen molar-refractivity contribution in [3.63, 3.8) is 0 Å². The van der Waals surface area contributed by atoms with Gasteiger partial charge in [0.1, 0.15) is 0 Å². The largest absolute Gasteiger partial charge is 0.446 e. The maximum Gasteiger partial charge on any atom is 0.213 e. The minimum atomic E-state index is -0.267. The molecule has 2 heterocycles. The monoisotopic (exact) mass is 274 g/mol. The van der Waals surface area contributed by atoms with E-state index in [1.165, 1.54) is 0 Å². The highest BCUT2D eigenvalue weighted by atomic mass is 79.9. The lowest BCUT2D eigenvalue weighted by molar-refractivity contribution is 0.0920. The molecule has 0 spiro atoms. The number of hydrogen-bond acceptors (Lipinski definition) is 3. The average Bonchev–Trinajstić information content (AvgIpc) is 2.74. The highest BCUT2D eigenvalue weighted by molar-refractivity contribution is 9.10. The van der Waals surface area contributed by atoms with Crippen molar-refractivity contribution in [2.45, 2.75) is 24.5 Å². The van der Waals surface area contributed by atoms with E-state index >= 15 is 0 Å². The molecule has 0 aromatic carbocycles. The van der Waals surface area contributed by atoms with Crippen molar-refractivity contribution in [1.82, 2.24) is 0 Å². The van der Waals surface area contributed by atoms with E-state index < -0.39 is 0 Å². The maximum atomic E-state index is 12.0. The lowest BCUT2D eigenvalue weighted by Crippen LogP contribution is -2.28. The number of carbonyl (C=O) groups is 1. The normalized spacial score (nSPS) is 26.7. The van der Waals surface area contributed by atoms with Gasteiger partial charge in [-0.25, -0.2) is 0 Å². The quantitative estimate of drug-likeness (QED) is 0.774. The fourth-order valence-corrected chi connectivity index (χ4v) is 3.22. The van der Waals surface area contributed by atoms with E-state index in [-0.39, 0.29) is 10.5 Å². The van der Waals surface area contributed by atoms with E-state index in [2.05, 4.69) is 15.9 Å². The van der Waals surface area contributed by atoms with Crippen molar-refractivity contribution >= 4 is 33.5 Å². The first-order valence-corrected chi connectivity index (χ1v) is 6.34. The zero-order chi connectivity index (χ0) is 10.2. The molecule has 0 N–H and O–H groups in total. The number of Topliss-reactive ketones (excluding diaryl/α,β-unsaturated/α-hetero) is 1. The predicted molar refractivity (Wildman–Crippen MR) is 60.8 cm³/mol. The first-order chi connectivity index (χ1) is 6.62. The molecule has 1 aliphatic heterocycles. The molecule has 0 radical (unpaired) electrons. The van der Waals surface area contributed by atoms with Gasteiger partial charge in [0.25, 0.3) is 0 Å². The third-order valence-corrected chi connectivity index (χ3v) is 4.44. The van der Waals surface area contributed by atoms with Gasteiger partial charge >= 0.3 is 0 Å². The van der Waals surface area contributed by atoms with E-state index in [1.54, 1.807) is 23.9 Å². The van der Waals surface area contributed by atoms with Crippen molar-refractivity contribution in [2.75, 3.05) is 5.75 Å². The van der Waals surface area contributed by atoms with Gasteiger partial charge in [0.15, 0.2) is 10.4 Å². The molecule has 1 aliphatic rings. The average molecular weight is 275 g/mol. The second kappa shape index (κ2) is 3.74. The Morgan fingerprint density at radius 2 is 2.43 bits per heavy atom. The topological polar surface area (TPSA) is 30.2 Å². The molecule has 4 heteroatoms. The Morgan fingerprint density at radius 3 is 2.93 bits per heavy atom. The van der Waals surface area contributed by atoms with Gasteiger partial charge in [-0.15, -0.1) is 11.8 Å². The number of furan rings is 1. The first-order valence-electron chi connectivity index (χ1n) is 4.56. The highest BCUT2D eigenvalue weighted by Gasteiger charge is 2.39. The molecule has 0 saturated carbocycles. The minimum Gasteiger partial charge on any atom is -0.446 e. The second-order valence-electron chi connectivity index (χ2n) is 3.62. The summed E-state index contributed by atoms with van der Waals surface area (Å²) >= 11 is 4.93. The fraction of sp³-hybridized carbons (Fsp3) is 0.500. The molecule has 76 valence electrons. The Morgan fingerprint density at radius 1 is 1.64 bits per heavy atom. The molecular weight excluding hydrogens is 264 g/mol. The molecule has 1 unspecified atom stereocenters. The van der Waals surface area contributed by atoms with Gasteiger partial charge < -0.3 is 4.42 Å². The van der Waals surface area contributed by atoms with Crippen LogP contribution in [0.1, 0.15) is 30.3 Å². The third-order valence-electron chi connectivity index (χ3n) is 2.50. The summed E-state index contributed by atoms with van der Waals surface area (Å²) in [7, 11) is 0. The van der Waals surface area contributed by atoms with Crippen LogP contribution in [0.15, 0.2) is 21.2 Å².